The Balaban J connectivity index is 0.00000364. The molecule has 0 radical (unpaired) electrons. The molecule has 0 spiro atoms. The zero-order valence-electron chi connectivity index (χ0n) is 16.6. The van der Waals surface area contributed by atoms with Gasteiger partial charge in [0, 0.05) is 26.2 Å². The van der Waals surface area contributed by atoms with Gasteiger partial charge in [0.1, 0.15) is 5.82 Å². The Morgan fingerprint density at radius 2 is 2.07 bits per heavy atom. The largest absolute Gasteiger partial charge is 0.387 e. The summed E-state index contributed by atoms with van der Waals surface area (Å²) in [7, 11) is 1.64. The number of carbonyl (C=O) groups excluding carboxylic acids is 1. The van der Waals surface area contributed by atoms with E-state index in [-0.39, 0.29) is 60.4 Å². The predicted octanol–water partition coefficient (Wildman–Crippen LogP) is 2.38. The standard InChI is InChI=1S/C19H29FN4O2.HI/c1-13(2)24-17(26)11-23(12-19(24,3)4)18(21-5)22-10-16(25)14-7-6-8-15(20)9-14;/h6-9,13,16,25H,10-12H2,1-5H3,(H,21,22);1H. The van der Waals surface area contributed by atoms with Crippen molar-refractivity contribution in [2.24, 2.45) is 4.99 Å². The number of nitrogens with zero attached hydrogens (tertiary/aromatic N) is 3. The van der Waals surface area contributed by atoms with Gasteiger partial charge in [-0.1, -0.05) is 12.1 Å². The number of piperazine rings is 1. The second-order valence-electron chi connectivity index (χ2n) is 7.52. The number of hydrogen-bond acceptors (Lipinski definition) is 3. The molecule has 1 atom stereocenters. The number of hydrogen-bond donors (Lipinski definition) is 2. The highest BCUT2D eigenvalue weighted by Gasteiger charge is 2.40. The molecule has 1 fully saturated rings. The van der Waals surface area contributed by atoms with Crippen LogP contribution in [0.15, 0.2) is 29.3 Å². The maximum absolute atomic E-state index is 13.3. The van der Waals surface area contributed by atoms with Crippen LogP contribution in [-0.4, -0.2) is 65.0 Å². The van der Waals surface area contributed by atoms with Crippen LogP contribution < -0.4 is 5.32 Å². The van der Waals surface area contributed by atoms with Crippen molar-refractivity contribution < 1.29 is 14.3 Å². The van der Waals surface area contributed by atoms with E-state index in [1.54, 1.807) is 19.2 Å². The molecule has 2 rings (SSSR count). The molecular weight excluding hydrogens is 462 g/mol. The van der Waals surface area contributed by atoms with Crippen LogP contribution in [0.2, 0.25) is 0 Å². The van der Waals surface area contributed by atoms with Gasteiger partial charge in [-0.05, 0) is 45.4 Å². The van der Waals surface area contributed by atoms with Gasteiger partial charge in [-0.25, -0.2) is 4.39 Å². The maximum atomic E-state index is 13.3. The summed E-state index contributed by atoms with van der Waals surface area (Å²) in [5, 5.41) is 13.4. The maximum Gasteiger partial charge on any atom is 0.242 e. The van der Waals surface area contributed by atoms with Crippen LogP contribution in [0, 0.1) is 5.82 Å². The molecule has 0 bridgehead atoms. The first-order chi connectivity index (χ1) is 12.2. The summed E-state index contributed by atoms with van der Waals surface area (Å²) in [5.41, 5.74) is 0.163. The Kier molecular flexibility index (Phi) is 8.47. The number of aliphatic hydroxyl groups excluding tert-OH is 1. The number of aliphatic hydroxyl groups is 1. The first-order valence-electron chi connectivity index (χ1n) is 8.87. The quantitative estimate of drug-likeness (QED) is 0.385. The van der Waals surface area contributed by atoms with E-state index >= 15 is 0 Å². The number of nitrogens with one attached hydrogen (secondary N) is 1. The predicted molar refractivity (Wildman–Crippen MR) is 116 cm³/mol. The fraction of sp³-hybridized carbons (Fsp3) is 0.579. The van der Waals surface area contributed by atoms with E-state index in [1.807, 2.05) is 37.5 Å². The zero-order valence-corrected chi connectivity index (χ0v) is 18.9. The van der Waals surface area contributed by atoms with Crippen LogP contribution in [0.1, 0.15) is 39.4 Å². The zero-order chi connectivity index (χ0) is 19.5. The summed E-state index contributed by atoms with van der Waals surface area (Å²) in [5.74, 6) is 0.207. The average molecular weight is 492 g/mol. The monoisotopic (exact) mass is 492 g/mol. The molecule has 2 N–H and O–H groups in total. The molecule has 1 aromatic carbocycles. The molecule has 1 aliphatic heterocycles. The summed E-state index contributed by atoms with van der Waals surface area (Å²) in [6.45, 7) is 9.13. The van der Waals surface area contributed by atoms with Gasteiger partial charge in [-0.2, -0.15) is 0 Å². The molecule has 152 valence electrons. The van der Waals surface area contributed by atoms with Crippen molar-refractivity contribution in [3.05, 3.63) is 35.6 Å². The molecule has 0 aliphatic carbocycles. The van der Waals surface area contributed by atoms with E-state index in [0.29, 0.717) is 18.1 Å². The summed E-state index contributed by atoms with van der Waals surface area (Å²) >= 11 is 0. The number of halogens is 2. The lowest BCUT2D eigenvalue weighted by atomic mass is 9.96. The molecule has 0 saturated carbocycles. The van der Waals surface area contributed by atoms with Crippen molar-refractivity contribution in [3.8, 4) is 0 Å². The lowest BCUT2D eigenvalue weighted by Gasteiger charge is -2.49. The summed E-state index contributed by atoms with van der Waals surface area (Å²) in [6.07, 6.45) is -0.872. The van der Waals surface area contributed by atoms with E-state index in [9.17, 15) is 14.3 Å². The Bertz CT molecular complexity index is 681. The van der Waals surface area contributed by atoms with Gasteiger partial charge >= 0.3 is 0 Å². The van der Waals surface area contributed by atoms with Gasteiger partial charge in [-0.3, -0.25) is 9.79 Å². The van der Waals surface area contributed by atoms with Crippen molar-refractivity contribution in [1.29, 1.82) is 0 Å². The van der Waals surface area contributed by atoms with Crippen LogP contribution in [0.4, 0.5) is 4.39 Å². The van der Waals surface area contributed by atoms with Crippen molar-refractivity contribution in [2.75, 3.05) is 26.7 Å². The lowest BCUT2D eigenvalue weighted by Crippen LogP contribution is -2.66. The fourth-order valence-corrected chi connectivity index (χ4v) is 3.66. The minimum absolute atomic E-state index is 0. The summed E-state index contributed by atoms with van der Waals surface area (Å²) in [4.78, 5) is 20.6. The van der Waals surface area contributed by atoms with Crippen molar-refractivity contribution in [2.45, 2.75) is 45.4 Å². The molecule has 8 heteroatoms. The first kappa shape index (κ1) is 23.6. The highest BCUT2D eigenvalue weighted by atomic mass is 127. The Morgan fingerprint density at radius 3 is 2.59 bits per heavy atom. The third-order valence-corrected chi connectivity index (χ3v) is 4.54. The third-order valence-electron chi connectivity index (χ3n) is 4.54. The van der Waals surface area contributed by atoms with Gasteiger partial charge in [0.25, 0.3) is 0 Å². The molecule has 1 aromatic rings. The van der Waals surface area contributed by atoms with E-state index in [0.717, 1.165) is 0 Å². The topological polar surface area (TPSA) is 68.2 Å². The second kappa shape index (κ2) is 9.68. The van der Waals surface area contributed by atoms with Crippen LogP contribution in [0.5, 0.6) is 0 Å². The SMILES string of the molecule is CN=C(NCC(O)c1cccc(F)c1)N1CC(=O)N(C(C)C)C(C)(C)C1.I. The number of aliphatic imine (C=N–C) groups is 1. The van der Waals surface area contributed by atoms with Crippen molar-refractivity contribution in [1.82, 2.24) is 15.1 Å². The van der Waals surface area contributed by atoms with Gasteiger partial charge in [-0.15, -0.1) is 24.0 Å². The molecule has 1 heterocycles. The number of guanidine groups is 1. The van der Waals surface area contributed by atoms with Gasteiger partial charge in [0.05, 0.1) is 18.2 Å². The van der Waals surface area contributed by atoms with E-state index < -0.39 is 6.10 Å². The smallest absolute Gasteiger partial charge is 0.242 e. The molecule has 1 amide bonds. The molecular formula is C19H30FIN4O2. The fourth-order valence-electron chi connectivity index (χ4n) is 3.66. The molecule has 1 saturated heterocycles. The van der Waals surface area contributed by atoms with Gasteiger partial charge in [0.2, 0.25) is 5.91 Å². The van der Waals surface area contributed by atoms with Crippen molar-refractivity contribution in [3.63, 3.8) is 0 Å². The molecule has 1 unspecified atom stereocenters. The second-order valence-corrected chi connectivity index (χ2v) is 7.52. The Hall–Kier alpha value is -1.42. The summed E-state index contributed by atoms with van der Waals surface area (Å²) in [6, 6.07) is 6.01. The van der Waals surface area contributed by atoms with E-state index in [4.69, 9.17) is 0 Å². The van der Waals surface area contributed by atoms with Crippen molar-refractivity contribution >= 4 is 35.8 Å². The van der Waals surface area contributed by atoms with Crippen LogP contribution >= 0.6 is 24.0 Å². The molecule has 27 heavy (non-hydrogen) atoms. The average Bonchev–Trinajstić information content (AvgIpc) is 2.53. The first-order valence-corrected chi connectivity index (χ1v) is 8.87. The van der Waals surface area contributed by atoms with E-state index in [2.05, 4.69) is 10.3 Å². The third kappa shape index (κ3) is 5.78. The van der Waals surface area contributed by atoms with E-state index in [1.165, 1.54) is 12.1 Å². The number of rotatable bonds is 4. The van der Waals surface area contributed by atoms with Gasteiger partial charge < -0.3 is 20.2 Å². The number of carbonyl (C=O) groups is 1. The normalized spacial score (nSPS) is 18.4. The summed E-state index contributed by atoms with van der Waals surface area (Å²) < 4.78 is 13.3. The Morgan fingerprint density at radius 1 is 1.41 bits per heavy atom. The molecule has 1 aliphatic rings. The van der Waals surface area contributed by atoms with Crippen LogP contribution in [0.25, 0.3) is 0 Å². The molecule has 0 aromatic heterocycles. The Labute approximate surface area is 177 Å². The van der Waals surface area contributed by atoms with Crippen LogP contribution in [-0.2, 0) is 4.79 Å². The minimum Gasteiger partial charge on any atom is -0.387 e. The van der Waals surface area contributed by atoms with Crippen LogP contribution in [0.3, 0.4) is 0 Å². The highest BCUT2D eigenvalue weighted by molar-refractivity contribution is 14.0. The minimum atomic E-state index is -0.872. The van der Waals surface area contributed by atoms with Gasteiger partial charge in [0.15, 0.2) is 5.96 Å². The lowest BCUT2D eigenvalue weighted by molar-refractivity contribution is -0.145. The highest BCUT2D eigenvalue weighted by Crippen LogP contribution is 2.24. The number of benzene rings is 1. The molecule has 6 nitrogen and oxygen atoms in total. The number of amides is 1.